The lowest BCUT2D eigenvalue weighted by Gasteiger charge is -2.16. The largest absolute Gasteiger partial charge is 0.497 e. The quantitative estimate of drug-likeness (QED) is 0.0978. The molecule has 0 radical (unpaired) electrons. The van der Waals surface area contributed by atoms with E-state index in [2.05, 4.69) is 15.3 Å². The van der Waals surface area contributed by atoms with Gasteiger partial charge in [0.15, 0.2) is 5.82 Å². The highest BCUT2D eigenvalue weighted by Gasteiger charge is 2.22. The Labute approximate surface area is 299 Å². The summed E-state index contributed by atoms with van der Waals surface area (Å²) < 4.78 is 59.7. The van der Waals surface area contributed by atoms with E-state index in [0.717, 1.165) is 23.3 Å². The van der Waals surface area contributed by atoms with Crippen molar-refractivity contribution >= 4 is 22.4 Å². The molecule has 4 aromatic carbocycles. The van der Waals surface area contributed by atoms with Gasteiger partial charge in [0.05, 0.1) is 51.7 Å². The normalized spacial score (nSPS) is 11.7. The molecular formula is C39H39F2N5O6. The highest BCUT2D eigenvalue weighted by molar-refractivity contribution is 5.97. The van der Waals surface area contributed by atoms with Crippen molar-refractivity contribution in [1.82, 2.24) is 14.5 Å². The van der Waals surface area contributed by atoms with Crippen LogP contribution < -0.4 is 34.7 Å². The molecule has 0 fully saturated rings. The summed E-state index contributed by atoms with van der Waals surface area (Å²) in [6.07, 6.45) is 2.05. The van der Waals surface area contributed by atoms with Crippen LogP contribution in [0.15, 0.2) is 85.1 Å². The van der Waals surface area contributed by atoms with Crippen molar-refractivity contribution < 1.29 is 37.6 Å². The zero-order valence-corrected chi connectivity index (χ0v) is 29.2. The van der Waals surface area contributed by atoms with Crippen LogP contribution in [0.25, 0.3) is 22.3 Å². The maximum absolute atomic E-state index is 14.9. The maximum atomic E-state index is 14.9. The Morgan fingerprint density at radius 2 is 1.48 bits per heavy atom. The van der Waals surface area contributed by atoms with Gasteiger partial charge in [0.25, 0.3) is 0 Å². The van der Waals surface area contributed by atoms with E-state index in [4.69, 9.17) is 29.4 Å². The van der Waals surface area contributed by atoms with Gasteiger partial charge >= 0.3 is 0 Å². The molecule has 6 aromatic rings. The number of aromatic hydroxyl groups is 1. The third-order valence-electron chi connectivity index (χ3n) is 8.46. The molecule has 0 saturated heterocycles. The van der Waals surface area contributed by atoms with Crippen molar-refractivity contribution in [3.8, 4) is 46.0 Å². The van der Waals surface area contributed by atoms with Gasteiger partial charge in [0.1, 0.15) is 51.6 Å². The van der Waals surface area contributed by atoms with Gasteiger partial charge in [-0.15, -0.1) is 0 Å². The topological polar surface area (TPSA) is 135 Å². The summed E-state index contributed by atoms with van der Waals surface area (Å²) in [7, 11) is 4.70. The number of hydrogen-bond acceptors (Lipinski definition) is 10. The molecule has 52 heavy (non-hydrogen) atoms. The molecule has 0 amide bonds. The predicted molar refractivity (Wildman–Crippen MR) is 194 cm³/mol. The molecule has 0 bridgehead atoms. The summed E-state index contributed by atoms with van der Waals surface area (Å²) >= 11 is 0. The third kappa shape index (κ3) is 7.79. The molecule has 11 nitrogen and oxygen atoms in total. The molecule has 0 aliphatic carbocycles. The molecule has 0 aliphatic rings. The number of rotatable bonds is 15. The maximum Gasteiger partial charge on any atom is 0.204 e. The number of ether oxygens (including phenoxy) is 5. The van der Waals surface area contributed by atoms with Crippen molar-refractivity contribution in [2.45, 2.75) is 32.5 Å². The Morgan fingerprint density at radius 1 is 0.827 bits per heavy atom. The van der Waals surface area contributed by atoms with Crippen LogP contribution in [0.2, 0.25) is 0 Å². The van der Waals surface area contributed by atoms with E-state index >= 15 is 0 Å². The second kappa shape index (κ2) is 15.9. The Kier molecular flexibility index (Phi) is 10.9. The van der Waals surface area contributed by atoms with Gasteiger partial charge in [0.2, 0.25) is 5.88 Å². The minimum absolute atomic E-state index is 0.149. The first-order chi connectivity index (χ1) is 25.2. The number of fused-ring (bicyclic) bond motifs is 1. The molecule has 270 valence electrons. The summed E-state index contributed by atoms with van der Waals surface area (Å²) in [5, 5.41) is 14.9. The van der Waals surface area contributed by atoms with E-state index in [-0.39, 0.29) is 46.6 Å². The van der Waals surface area contributed by atoms with E-state index in [0.29, 0.717) is 54.0 Å². The summed E-state index contributed by atoms with van der Waals surface area (Å²) in [6.45, 7) is 2.94. The minimum atomic E-state index is -0.817. The summed E-state index contributed by atoms with van der Waals surface area (Å²) in [5.41, 5.74) is 7.87. The fourth-order valence-electron chi connectivity index (χ4n) is 5.72. The van der Waals surface area contributed by atoms with Crippen LogP contribution in [0.3, 0.4) is 0 Å². The SMILES string of the molecule is COc1ccc(Cn2cc3nc(-c4c(F)cccc4F)nc(Nc4ccc(OC(C)CCOc5ccc(CN)c(OC)c5)cc4)c3c2O)c(OC)c1. The average Bonchev–Trinajstić information content (AvgIpc) is 3.46. The van der Waals surface area contributed by atoms with Crippen LogP contribution >= 0.6 is 0 Å². The predicted octanol–water partition coefficient (Wildman–Crippen LogP) is 7.59. The second-order valence-electron chi connectivity index (χ2n) is 11.9. The molecule has 6 rings (SSSR count). The number of methoxy groups -OCH3 is 3. The lowest BCUT2D eigenvalue weighted by atomic mass is 10.1. The van der Waals surface area contributed by atoms with Crippen molar-refractivity contribution in [2.75, 3.05) is 33.3 Å². The number of aromatic nitrogens is 3. The first-order valence-corrected chi connectivity index (χ1v) is 16.5. The van der Waals surface area contributed by atoms with Gasteiger partial charge in [-0.05, 0) is 61.5 Å². The Morgan fingerprint density at radius 3 is 2.17 bits per heavy atom. The molecule has 4 N–H and O–H groups in total. The molecule has 2 aromatic heterocycles. The van der Waals surface area contributed by atoms with E-state index in [1.165, 1.54) is 6.07 Å². The number of benzene rings is 4. The van der Waals surface area contributed by atoms with Crippen LogP contribution in [0.4, 0.5) is 20.3 Å². The van der Waals surface area contributed by atoms with E-state index in [1.807, 2.05) is 31.2 Å². The first kappa shape index (κ1) is 35.7. The van der Waals surface area contributed by atoms with E-state index in [9.17, 15) is 13.9 Å². The van der Waals surface area contributed by atoms with Gasteiger partial charge in [-0.25, -0.2) is 18.7 Å². The average molecular weight is 712 g/mol. The number of nitrogens with one attached hydrogen (secondary N) is 1. The Bertz CT molecular complexity index is 2160. The van der Waals surface area contributed by atoms with Crippen LogP contribution in [0.1, 0.15) is 24.5 Å². The zero-order valence-electron chi connectivity index (χ0n) is 29.2. The molecule has 0 saturated carbocycles. The van der Waals surface area contributed by atoms with E-state index < -0.39 is 11.6 Å². The van der Waals surface area contributed by atoms with Crippen LogP contribution in [-0.2, 0) is 13.1 Å². The van der Waals surface area contributed by atoms with Gasteiger partial charge in [-0.1, -0.05) is 12.1 Å². The van der Waals surface area contributed by atoms with E-state index in [1.54, 1.807) is 68.5 Å². The van der Waals surface area contributed by atoms with Crippen molar-refractivity contribution in [3.63, 3.8) is 0 Å². The van der Waals surface area contributed by atoms with Gasteiger partial charge in [-0.3, -0.25) is 0 Å². The minimum Gasteiger partial charge on any atom is -0.497 e. The van der Waals surface area contributed by atoms with Gasteiger partial charge < -0.3 is 44.4 Å². The highest BCUT2D eigenvalue weighted by atomic mass is 19.1. The third-order valence-corrected chi connectivity index (χ3v) is 8.46. The number of halogens is 2. The number of anilines is 2. The zero-order chi connectivity index (χ0) is 36.8. The van der Waals surface area contributed by atoms with Gasteiger partial charge in [-0.2, -0.15) is 0 Å². The highest BCUT2D eigenvalue weighted by Crippen LogP contribution is 2.37. The van der Waals surface area contributed by atoms with Gasteiger partial charge in [0, 0.05) is 48.1 Å². The standard InChI is InChI=1S/C39H39F2N5O6/c1-23(16-17-51-29-13-8-24(20-42)33(19-29)49-3)52-27-14-10-26(11-15-27)43-38-36-32(44-37(45-38)35-30(40)6-5-7-31(35)41)22-46(39(36)47)21-25-9-12-28(48-2)18-34(25)50-4/h5-15,18-19,22-23,47H,16-17,20-21,42H2,1-4H3,(H,43,44,45). The van der Waals surface area contributed by atoms with Crippen molar-refractivity contribution in [3.05, 3.63) is 108 Å². The van der Waals surface area contributed by atoms with Crippen LogP contribution in [-0.4, -0.2) is 53.7 Å². The molecule has 0 spiro atoms. The lowest BCUT2D eigenvalue weighted by molar-refractivity contribution is 0.177. The molecule has 1 atom stereocenters. The van der Waals surface area contributed by atoms with Crippen LogP contribution in [0.5, 0.6) is 34.6 Å². The molecule has 1 unspecified atom stereocenters. The Balaban J connectivity index is 1.22. The smallest absolute Gasteiger partial charge is 0.204 e. The molecular weight excluding hydrogens is 672 g/mol. The first-order valence-electron chi connectivity index (χ1n) is 16.5. The summed E-state index contributed by atoms with van der Waals surface area (Å²) in [5.74, 6) is 1.32. The van der Waals surface area contributed by atoms with Crippen LogP contribution in [0, 0.1) is 11.6 Å². The Hall–Kier alpha value is -6.08. The lowest BCUT2D eigenvalue weighted by Crippen LogP contribution is -2.15. The van der Waals surface area contributed by atoms with Crippen molar-refractivity contribution in [2.24, 2.45) is 5.73 Å². The fourth-order valence-corrected chi connectivity index (χ4v) is 5.72. The summed E-state index contributed by atoms with van der Waals surface area (Å²) in [4.78, 5) is 8.96. The molecule has 0 aliphatic heterocycles. The number of nitrogens with zero attached hydrogens (tertiary/aromatic N) is 3. The fraction of sp³-hybridized carbons (Fsp3) is 0.231. The molecule has 2 heterocycles. The number of hydrogen-bond donors (Lipinski definition) is 3. The summed E-state index contributed by atoms with van der Waals surface area (Å²) in [6, 6.07) is 21.6. The van der Waals surface area contributed by atoms with Crippen molar-refractivity contribution in [1.29, 1.82) is 0 Å². The second-order valence-corrected chi connectivity index (χ2v) is 11.9. The number of nitrogens with two attached hydrogens (primary N) is 1. The monoisotopic (exact) mass is 711 g/mol. The molecule has 13 heteroatoms.